The summed E-state index contributed by atoms with van der Waals surface area (Å²) in [6.45, 7) is 0.976. The summed E-state index contributed by atoms with van der Waals surface area (Å²) < 4.78 is 7.44. The largest absolute Gasteiger partial charge is 0.503 e. The van der Waals surface area contributed by atoms with Crippen LogP contribution in [-0.4, -0.2) is 33.3 Å². The summed E-state index contributed by atoms with van der Waals surface area (Å²) in [5.41, 5.74) is 1.34. The molecule has 2 heterocycles. The number of ether oxygens (including phenoxy) is 1. The van der Waals surface area contributed by atoms with Gasteiger partial charge in [-0.15, -0.1) is 0 Å². The van der Waals surface area contributed by atoms with Crippen molar-refractivity contribution >= 4 is 21.9 Å². The van der Waals surface area contributed by atoms with Gasteiger partial charge in [-0.05, 0) is 29.8 Å². The topological polar surface area (TPSA) is 64.3 Å². The van der Waals surface area contributed by atoms with Crippen LogP contribution in [-0.2, 0) is 17.4 Å². The van der Waals surface area contributed by atoms with Crippen molar-refractivity contribution in [2.45, 2.75) is 17.9 Å². The van der Waals surface area contributed by atoms with Crippen LogP contribution in [0.3, 0.4) is 0 Å². The summed E-state index contributed by atoms with van der Waals surface area (Å²) in [6, 6.07) is 23.1. The average molecular weight is 434 g/mol. The summed E-state index contributed by atoms with van der Waals surface area (Å²) in [5.74, 6) is 1.64. The van der Waals surface area contributed by atoms with Gasteiger partial charge in [-0.25, -0.2) is 4.98 Å². The van der Waals surface area contributed by atoms with Crippen LogP contribution in [0, 0.1) is 0 Å². The monoisotopic (exact) mass is 433 g/mol. The number of rotatable bonds is 8. The first-order valence-corrected chi connectivity index (χ1v) is 12.0. The highest BCUT2D eigenvalue weighted by atomic mass is 32.2. The number of hydrogen-bond acceptors (Lipinski definition) is 4. The van der Waals surface area contributed by atoms with Crippen molar-refractivity contribution < 1.29 is 9.84 Å². The van der Waals surface area contributed by atoms with Gasteiger partial charge in [-0.2, -0.15) is 0 Å². The molecule has 0 aliphatic heterocycles. The highest BCUT2D eigenvalue weighted by Crippen LogP contribution is 2.29. The molecule has 0 radical (unpaired) electrons. The molecule has 1 N–H and O–H groups in total. The van der Waals surface area contributed by atoms with Gasteiger partial charge in [0.1, 0.15) is 23.4 Å². The molecule has 0 amide bonds. The van der Waals surface area contributed by atoms with Gasteiger partial charge in [-0.1, -0.05) is 48.5 Å². The maximum Gasteiger partial charge on any atom is 0.311 e. The molecule has 5 nitrogen and oxygen atoms in total. The van der Waals surface area contributed by atoms with Crippen LogP contribution in [0.1, 0.15) is 12.0 Å². The maximum absolute atomic E-state index is 13.4. The molecule has 31 heavy (non-hydrogen) atoms. The molecule has 4 aromatic rings. The first kappa shape index (κ1) is 21.0. The van der Waals surface area contributed by atoms with E-state index in [-0.39, 0.29) is 11.3 Å². The second-order valence-corrected chi connectivity index (χ2v) is 9.38. The minimum atomic E-state index is -0.430. The average Bonchev–Trinajstić information content (AvgIpc) is 2.81. The van der Waals surface area contributed by atoms with Crippen LogP contribution in [0.2, 0.25) is 0 Å². The van der Waals surface area contributed by atoms with E-state index in [2.05, 4.69) is 4.98 Å². The fourth-order valence-electron chi connectivity index (χ4n) is 3.55. The number of fused-ring (bicyclic) bond motifs is 1. The first-order chi connectivity index (χ1) is 15.1. The Labute approximate surface area is 184 Å². The van der Waals surface area contributed by atoms with Crippen molar-refractivity contribution in [2.75, 3.05) is 18.6 Å². The number of pyridine rings is 2. The third-order valence-corrected chi connectivity index (χ3v) is 7.06. The molecule has 0 aliphatic rings. The fourth-order valence-corrected chi connectivity index (χ4v) is 5.15. The second kappa shape index (κ2) is 9.71. The van der Waals surface area contributed by atoms with Gasteiger partial charge in [0.05, 0.1) is 18.5 Å². The molecule has 2 aromatic carbocycles. The van der Waals surface area contributed by atoms with Gasteiger partial charge < -0.3 is 9.84 Å². The lowest BCUT2D eigenvalue weighted by atomic mass is 10.2. The van der Waals surface area contributed by atoms with Crippen LogP contribution in [0.25, 0.3) is 11.0 Å². The van der Waals surface area contributed by atoms with Crippen LogP contribution in [0.5, 0.6) is 11.5 Å². The van der Waals surface area contributed by atoms with E-state index in [0.29, 0.717) is 29.1 Å². The van der Waals surface area contributed by atoms with Gasteiger partial charge in [0.2, 0.25) is 0 Å². The van der Waals surface area contributed by atoms with Gasteiger partial charge in [0.15, 0.2) is 5.75 Å². The predicted octanol–water partition coefficient (Wildman–Crippen LogP) is 4.23. The molecule has 1 atom stereocenters. The summed E-state index contributed by atoms with van der Waals surface area (Å²) in [6.07, 6.45) is 4.44. The fraction of sp³-hybridized carbons (Fsp3) is 0.200. The van der Waals surface area contributed by atoms with Crippen molar-refractivity contribution in [3.05, 3.63) is 94.9 Å². The molecule has 0 spiro atoms. The number of hydrogen-bond donors (Lipinski definition) is 1. The van der Waals surface area contributed by atoms with Crippen molar-refractivity contribution in [2.24, 2.45) is 0 Å². The van der Waals surface area contributed by atoms with Crippen LogP contribution in [0.15, 0.2) is 88.7 Å². The van der Waals surface area contributed by atoms with Gasteiger partial charge in [0.25, 0.3) is 4.90 Å². The lowest BCUT2D eigenvalue weighted by Gasteiger charge is -2.13. The SMILES string of the molecule is C[S+](CCCOc1ccccc1)c1c(O)c2cccnc2n(Cc2ccccc2)c1=O. The molecule has 0 fully saturated rings. The Morgan fingerprint density at radius 2 is 1.71 bits per heavy atom. The minimum absolute atomic E-state index is 0.0484. The zero-order valence-corrected chi connectivity index (χ0v) is 18.2. The normalized spacial score (nSPS) is 12.0. The summed E-state index contributed by atoms with van der Waals surface area (Å²) >= 11 is 0. The van der Waals surface area contributed by atoms with E-state index < -0.39 is 10.9 Å². The van der Waals surface area contributed by atoms with E-state index in [1.807, 2.05) is 73.0 Å². The Kier molecular flexibility index (Phi) is 6.57. The molecule has 0 bridgehead atoms. The Hall–Kier alpha value is -3.25. The molecule has 0 saturated carbocycles. The molecule has 158 valence electrons. The maximum atomic E-state index is 13.4. The summed E-state index contributed by atoms with van der Waals surface area (Å²) in [5, 5.41) is 11.6. The molecule has 0 saturated heterocycles. The minimum Gasteiger partial charge on any atom is -0.503 e. The molecule has 0 aliphatic carbocycles. The zero-order valence-electron chi connectivity index (χ0n) is 17.4. The van der Waals surface area contributed by atoms with Gasteiger partial charge in [0, 0.05) is 23.5 Å². The number of nitrogens with zero attached hydrogens (tertiary/aromatic N) is 2. The molecule has 6 heteroatoms. The van der Waals surface area contributed by atoms with E-state index in [1.54, 1.807) is 16.8 Å². The third kappa shape index (κ3) is 4.75. The quantitative estimate of drug-likeness (QED) is 0.334. The molecule has 2 aromatic heterocycles. The lowest BCUT2D eigenvalue weighted by Crippen LogP contribution is -2.28. The molecule has 1 unspecified atom stereocenters. The van der Waals surface area contributed by atoms with E-state index in [0.717, 1.165) is 23.5 Å². The van der Waals surface area contributed by atoms with E-state index in [1.165, 1.54) is 0 Å². The zero-order chi connectivity index (χ0) is 21.6. The second-order valence-electron chi connectivity index (χ2n) is 7.29. The number of benzene rings is 2. The van der Waals surface area contributed by atoms with Crippen molar-refractivity contribution in [1.29, 1.82) is 0 Å². The van der Waals surface area contributed by atoms with Crippen LogP contribution >= 0.6 is 0 Å². The van der Waals surface area contributed by atoms with Gasteiger partial charge >= 0.3 is 5.56 Å². The van der Waals surface area contributed by atoms with E-state index >= 15 is 0 Å². The standard InChI is InChI=1S/C25H24N2O3S/c1-31(17-9-16-30-20-12-6-3-7-13-20)23-22(28)21-14-8-15-26-24(21)27(25(23)29)18-19-10-4-2-5-11-19/h2-8,10-15H,9,16-18H2,1H3/p+1. The van der Waals surface area contributed by atoms with Crippen molar-refractivity contribution in [3.63, 3.8) is 0 Å². The lowest BCUT2D eigenvalue weighted by molar-refractivity contribution is 0.318. The Bertz CT molecular complexity index is 1210. The Morgan fingerprint density at radius 3 is 2.45 bits per heavy atom. The van der Waals surface area contributed by atoms with E-state index in [9.17, 15) is 9.90 Å². The first-order valence-electron chi connectivity index (χ1n) is 10.2. The van der Waals surface area contributed by atoms with Crippen molar-refractivity contribution in [3.8, 4) is 11.5 Å². The number of para-hydroxylation sites is 1. The highest BCUT2D eigenvalue weighted by Gasteiger charge is 2.29. The Balaban J connectivity index is 1.60. The highest BCUT2D eigenvalue weighted by molar-refractivity contribution is 7.96. The predicted molar refractivity (Wildman–Crippen MR) is 126 cm³/mol. The van der Waals surface area contributed by atoms with Crippen LogP contribution in [0.4, 0.5) is 0 Å². The molecular formula is C25H25N2O3S+. The van der Waals surface area contributed by atoms with Crippen molar-refractivity contribution in [1.82, 2.24) is 9.55 Å². The molecule has 4 rings (SSSR count). The smallest absolute Gasteiger partial charge is 0.311 e. The van der Waals surface area contributed by atoms with Crippen LogP contribution < -0.4 is 10.3 Å². The molecular weight excluding hydrogens is 408 g/mol. The summed E-state index contributed by atoms with van der Waals surface area (Å²) in [7, 11) is -0.430. The van der Waals surface area contributed by atoms with E-state index in [4.69, 9.17) is 4.74 Å². The number of aromatic hydroxyl groups is 1. The number of aromatic nitrogens is 2. The third-order valence-electron chi connectivity index (χ3n) is 5.09. The summed E-state index contributed by atoms with van der Waals surface area (Å²) in [4.78, 5) is 18.3. The Morgan fingerprint density at radius 1 is 1.00 bits per heavy atom. The van der Waals surface area contributed by atoms with Gasteiger partial charge in [-0.3, -0.25) is 9.36 Å².